The molecule has 208 valence electrons. The second-order valence-corrected chi connectivity index (χ2v) is 10.0. The lowest BCUT2D eigenvalue weighted by Gasteiger charge is -2.19. The molecule has 4 aromatic rings. The molecule has 0 bridgehead atoms. The van der Waals surface area contributed by atoms with E-state index in [-0.39, 0.29) is 50.5 Å². The number of aromatic nitrogens is 2. The molecule has 0 saturated heterocycles. The summed E-state index contributed by atoms with van der Waals surface area (Å²) in [5.74, 6) is -3.70. The average molecular weight is 579 g/mol. The molecule has 1 unspecified atom stereocenters. The van der Waals surface area contributed by atoms with Gasteiger partial charge in [0.25, 0.3) is 11.8 Å². The normalized spacial score (nSPS) is 15.1. The van der Waals surface area contributed by atoms with Crippen LogP contribution in [-0.2, 0) is 13.2 Å². The summed E-state index contributed by atoms with van der Waals surface area (Å²) in [6.07, 6.45) is -4.91. The number of nitrogens with one attached hydrogen (secondary N) is 2. The molecule has 1 aromatic heterocycles. The Morgan fingerprint density at radius 1 is 1.05 bits per heavy atom. The molecule has 3 aromatic carbocycles. The van der Waals surface area contributed by atoms with Crippen molar-refractivity contribution in [2.45, 2.75) is 32.1 Å². The van der Waals surface area contributed by atoms with Gasteiger partial charge < -0.3 is 10.6 Å². The van der Waals surface area contributed by atoms with E-state index >= 15 is 0 Å². The van der Waals surface area contributed by atoms with Gasteiger partial charge in [0.05, 0.1) is 28.2 Å². The Morgan fingerprint density at radius 2 is 1.75 bits per heavy atom. The molecule has 0 radical (unpaired) electrons. The molecule has 7 nitrogen and oxygen atoms in total. The van der Waals surface area contributed by atoms with E-state index in [0.717, 1.165) is 12.1 Å². The first-order chi connectivity index (χ1) is 18.7. The third-order valence-corrected chi connectivity index (χ3v) is 7.06. The van der Waals surface area contributed by atoms with Crippen molar-refractivity contribution in [1.82, 2.24) is 14.5 Å². The summed E-state index contributed by atoms with van der Waals surface area (Å²) in [4.78, 5) is 39.7. The lowest BCUT2D eigenvalue weighted by molar-refractivity contribution is -0.137. The third kappa shape index (κ3) is 4.41. The van der Waals surface area contributed by atoms with E-state index in [1.165, 1.54) is 28.3 Å². The molecular weight excluding hydrogens is 559 g/mol. The van der Waals surface area contributed by atoms with Gasteiger partial charge in [-0.25, -0.2) is 13.6 Å². The first kappa shape index (κ1) is 27.4. The van der Waals surface area contributed by atoms with Crippen LogP contribution in [0.3, 0.4) is 0 Å². The maximum Gasteiger partial charge on any atom is 0.416 e. The van der Waals surface area contributed by atoms with E-state index in [0.29, 0.717) is 12.1 Å². The molecule has 1 aliphatic rings. The molecule has 1 aliphatic heterocycles. The maximum absolute atomic E-state index is 14.2. The first-order valence-corrected chi connectivity index (χ1v) is 12.3. The highest BCUT2D eigenvalue weighted by Crippen LogP contribution is 2.43. The van der Waals surface area contributed by atoms with Gasteiger partial charge in [-0.1, -0.05) is 11.6 Å². The number of rotatable bonds is 4. The molecule has 0 fully saturated rings. The summed E-state index contributed by atoms with van der Waals surface area (Å²) < 4.78 is 70.8. The standard InChI is InChI=1S/C27H20ClF5N4O3/c1-11(2)37-19-10-18(34-24(38)12-6-13(27(31,32)33)8-15(30)7-12)20-21(23(19)36(3)26(37)40)25(39)35-22(20)16-9-14(29)4-5-17(16)28/h4-11,22H,1-3H3,(H,34,38)(H,35,39). The molecule has 0 aliphatic carbocycles. The monoisotopic (exact) mass is 578 g/mol. The van der Waals surface area contributed by atoms with Crippen LogP contribution < -0.4 is 16.3 Å². The fourth-order valence-corrected chi connectivity index (χ4v) is 5.24. The van der Waals surface area contributed by atoms with Crippen LogP contribution in [0.15, 0.2) is 47.3 Å². The summed E-state index contributed by atoms with van der Waals surface area (Å²) in [7, 11) is 1.46. The van der Waals surface area contributed by atoms with Gasteiger partial charge in [0.15, 0.2) is 0 Å². The number of amides is 2. The van der Waals surface area contributed by atoms with E-state index in [1.807, 2.05) is 0 Å². The van der Waals surface area contributed by atoms with Crippen molar-refractivity contribution in [3.63, 3.8) is 0 Å². The Hall–Kier alpha value is -4.19. The Labute approximate surface area is 228 Å². The minimum absolute atomic E-state index is 0.00708. The van der Waals surface area contributed by atoms with Gasteiger partial charge in [-0.05, 0) is 56.3 Å². The van der Waals surface area contributed by atoms with Crippen molar-refractivity contribution in [2.75, 3.05) is 5.32 Å². The SMILES string of the molecule is CC(C)n1c(=O)n(C)c2c3c(c(NC(=O)c4cc(F)cc(C(F)(F)F)c4)cc21)C(c1cc(F)ccc1Cl)NC3=O. The summed E-state index contributed by atoms with van der Waals surface area (Å²) in [6.45, 7) is 3.46. The largest absolute Gasteiger partial charge is 0.416 e. The van der Waals surface area contributed by atoms with Crippen molar-refractivity contribution >= 4 is 40.1 Å². The zero-order valence-corrected chi connectivity index (χ0v) is 21.8. The van der Waals surface area contributed by atoms with E-state index < -0.39 is 52.5 Å². The number of hydrogen-bond donors (Lipinski definition) is 2. The molecule has 2 heterocycles. The van der Waals surface area contributed by atoms with Crippen LogP contribution in [0.5, 0.6) is 0 Å². The molecular formula is C27H20ClF5N4O3. The van der Waals surface area contributed by atoms with Gasteiger partial charge in [-0.2, -0.15) is 13.2 Å². The zero-order chi connectivity index (χ0) is 29.3. The number of fused-ring (bicyclic) bond motifs is 3. The van der Waals surface area contributed by atoms with Crippen LogP contribution in [-0.4, -0.2) is 20.9 Å². The minimum Gasteiger partial charge on any atom is -0.341 e. The number of aryl methyl sites for hydroxylation is 1. The van der Waals surface area contributed by atoms with Crippen molar-refractivity contribution in [2.24, 2.45) is 7.05 Å². The molecule has 0 saturated carbocycles. The van der Waals surface area contributed by atoms with Crippen LogP contribution in [0, 0.1) is 11.6 Å². The highest BCUT2D eigenvalue weighted by molar-refractivity contribution is 6.31. The van der Waals surface area contributed by atoms with Gasteiger partial charge in [0, 0.05) is 40.5 Å². The highest BCUT2D eigenvalue weighted by atomic mass is 35.5. The Morgan fingerprint density at radius 3 is 2.40 bits per heavy atom. The smallest absolute Gasteiger partial charge is 0.341 e. The van der Waals surface area contributed by atoms with Crippen LogP contribution in [0.25, 0.3) is 11.0 Å². The van der Waals surface area contributed by atoms with Gasteiger partial charge in [-0.15, -0.1) is 0 Å². The van der Waals surface area contributed by atoms with Crippen molar-refractivity contribution in [1.29, 1.82) is 0 Å². The topological polar surface area (TPSA) is 85.1 Å². The molecule has 5 rings (SSSR count). The Balaban J connectivity index is 1.77. The van der Waals surface area contributed by atoms with Gasteiger partial charge in [0.1, 0.15) is 11.6 Å². The van der Waals surface area contributed by atoms with Gasteiger partial charge >= 0.3 is 11.9 Å². The van der Waals surface area contributed by atoms with Crippen LogP contribution >= 0.6 is 11.6 Å². The van der Waals surface area contributed by atoms with E-state index in [2.05, 4.69) is 10.6 Å². The number of hydrogen-bond acceptors (Lipinski definition) is 3. The highest BCUT2D eigenvalue weighted by Gasteiger charge is 2.38. The summed E-state index contributed by atoms with van der Waals surface area (Å²) in [5, 5.41) is 5.27. The summed E-state index contributed by atoms with van der Waals surface area (Å²) >= 11 is 6.33. The third-order valence-electron chi connectivity index (χ3n) is 6.72. The molecule has 13 heteroatoms. The van der Waals surface area contributed by atoms with E-state index in [9.17, 15) is 36.3 Å². The fourth-order valence-electron chi connectivity index (χ4n) is 5.01. The van der Waals surface area contributed by atoms with Gasteiger partial charge in [0.2, 0.25) is 0 Å². The minimum atomic E-state index is -4.91. The van der Waals surface area contributed by atoms with Crippen molar-refractivity contribution in [3.05, 3.63) is 97.4 Å². The number of anilines is 1. The Kier molecular flexibility index (Phi) is 6.48. The van der Waals surface area contributed by atoms with E-state index in [1.54, 1.807) is 13.8 Å². The van der Waals surface area contributed by atoms with Crippen LogP contribution in [0.4, 0.5) is 27.6 Å². The molecule has 1 atom stereocenters. The second kappa shape index (κ2) is 9.47. The van der Waals surface area contributed by atoms with Crippen molar-refractivity contribution in [3.8, 4) is 0 Å². The number of benzene rings is 3. The molecule has 2 N–H and O–H groups in total. The maximum atomic E-state index is 14.2. The quantitative estimate of drug-likeness (QED) is 0.293. The predicted octanol–water partition coefficient (Wildman–Crippen LogP) is 5.96. The van der Waals surface area contributed by atoms with Crippen LogP contribution in [0.1, 0.15) is 63.3 Å². The van der Waals surface area contributed by atoms with Gasteiger partial charge in [-0.3, -0.25) is 18.7 Å². The Bertz CT molecular complexity index is 1790. The number of imidazole rings is 1. The number of carbonyl (C=O) groups is 2. The zero-order valence-electron chi connectivity index (χ0n) is 21.1. The average Bonchev–Trinajstić information content (AvgIpc) is 3.33. The molecule has 40 heavy (non-hydrogen) atoms. The summed E-state index contributed by atoms with van der Waals surface area (Å²) in [5.41, 5.74) is -1.79. The van der Waals surface area contributed by atoms with Crippen molar-refractivity contribution < 1.29 is 31.5 Å². The predicted molar refractivity (Wildman–Crippen MR) is 138 cm³/mol. The number of nitrogens with zero attached hydrogens (tertiary/aromatic N) is 2. The molecule has 2 amide bonds. The van der Waals surface area contributed by atoms with E-state index in [4.69, 9.17) is 11.6 Å². The summed E-state index contributed by atoms with van der Waals surface area (Å²) in [6, 6.07) is 4.81. The number of alkyl halides is 3. The van der Waals surface area contributed by atoms with Crippen LogP contribution in [0.2, 0.25) is 5.02 Å². The fraction of sp³-hybridized carbons (Fsp3) is 0.222. The lowest BCUT2D eigenvalue weighted by Crippen LogP contribution is -2.24. The lowest BCUT2D eigenvalue weighted by atomic mass is 9.95. The first-order valence-electron chi connectivity index (χ1n) is 11.9. The second-order valence-electron chi connectivity index (χ2n) is 9.64. The molecule has 0 spiro atoms. The number of carbonyl (C=O) groups excluding carboxylic acids is 2. The number of halogens is 6.